The topological polar surface area (TPSA) is 32.3 Å². The van der Waals surface area contributed by atoms with Crippen molar-refractivity contribution < 1.29 is 4.79 Å². The third-order valence-electron chi connectivity index (χ3n) is 2.84. The third-order valence-corrected chi connectivity index (χ3v) is 2.97. The number of benzene rings is 1. The summed E-state index contributed by atoms with van der Waals surface area (Å²) in [5, 5.41) is 3.76. The SMILES string of the molecule is C=C(Cl)CNc1ccc2c(c1)CCN2C(C)=O. The molecule has 1 N–H and O–H groups in total. The van der Waals surface area contributed by atoms with Crippen LogP contribution in [0.2, 0.25) is 0 Å². The van der Waals surface area contributed by atoms with E-state index in [4.69, 9.17) is 11.6 Å². The van der Waals surface area contributed by atoms with E-state index in [-0.39, 0.29) is 5.91 Å². The lowest BCUT2D eigenvalue weighted by molar-refractivity contribution is -0.116. The molecule has 90 valence electrons. The van der Waals surface area contributed by atoms with Gasteiger partial charge in [-0.15, -0.1) is 0 Å². The molecule has 4 heteroatoms. The predicted molar refractivity (Wildman–Crippen MR) is 71.7 cm³/mol. The zero-order valence-electron chi connectivity index (χ0n) is 9.79. The maximum atomic E-state index is 11.4. The normalized spacial score (nSPS) is 13.4. The molecule has 0 fully saturated rings. The van der Waals surface area contributed by atoms with E-state index in [9.17, 15) is 4.79 Å². The first-order chi connectivity index (χ1) is 8.08. The second kappa shape index (κ2) is 4.80. The van der Waals surface area contributed by atoms with Crippen LogP contribution in [0.3, 0.4) is 0 Å². The van der Waals surface area contributed by atoms with E-state index in [0.717, 1.165) is 24.3 Å². The van der Waals surface area contributed by atoms with Crippen LogP contribution in [0.25, 0.3) is 0 Å². The van der Waals surface area contributed by atoms with E-state index in [1.807, 2.05) is 12.1 Å². The van der Waals surface area contributed by atoms with Gasteiger partial charge in [0.2, 0.25) is 5.91 Å². The molecule has 2 rings (SSSR count). The molecule has 0 aliphatic carbocycles. The average molecular weight is 251 g/mol. The van der Waals surface area contributed by atoms with E-state index in [1.165, 1.54) is 5.56 Å². The van der Waals surface area contributed by atoms with Crippen LogP contribution in [0.4, 0.5) is 11.4 Å². The van der Waals surface area contributed by atoms with Crippen LogP contribution in [0.15, 0.2) is 29.8 Å². The van der Waals surface area contributed by atoms with Crippen molar-refractivity contribution in [2.24, 2.45) is 0 Å². The van der Waals surface area contributed by atoms with Crippen LogP contribution < -0.4 is 10.2 Å². The Kier molecular flexibility index (Phi) is 3.38. The Labute approximate surface area is 106 Å². The van der Waals surface area contributed by atoms with Crippen LogP contribution in [0.1, 0.15) is 12.5 Å². The van der Waals surface area contributed by atoms with Gasteiger partial charge in [-0.25, -0.2) is 0 Å². The first-order valence-electron chi connectivity index (χ1n) is 5.56. The van der Waals surface area contributed by atoms with Crippen molar-refractivity contribution in [3.05, 3.63) is 35.4 Å². The van der Waals surface area contributed by atoms with Crippen molar-refractivity contribution in [2.75, 3.05) is 23.3 Å². The number of anilines is 2. The maximum Gasteiger partial charge on any atom is 0.223 e. The molecule has 1 aromatic rings. The van der Waals surface area contributed by atoms with Gasteiger partial charge >= 0.3 is 0 Å². The van der Waals surface area contributed by atoms with E-state index in [1.54, 1.807) is 11.8 Å². The summed E-state index contributed by atoms with van der Waals surface area (Å²) in [7, 11) is 0. The summed E-state index contributed by atoms with van der Waals surface area (Å²) in [6.45, 7) is 6.55. The van der Waals surface area contributed by atoms with Crippen LogP contribution in [-0.2, 0) is 11.2 Å². The van der Waals surface area contributed by atoms with Crippen LogP contribution in [0.5, 0.6) is 0 Å². The van der Waals surface area contributed by atoms with Crippen LogP contribution >= 0.6 is 11.6 Å². The minimum absolute atomic E-state index is 0.0959. The second-order valence-corrected chi connectivity index (χ2v) is 4.67. The minimum Gasteiger partial charge on any atom is -0.380 e. The van der Waals surface area contributed by atoms with Crippen LogP contribution in [-0.4, -0.2) is 19.0 Å². The molecule has 0 saturated heterocycles. The standard InChI is InChI=1S/C13H15ClN2O/c1-9(14)8-15-12-3-4-13-11(7-12)5-6-16(13)10(2)17/h3-4,7,15H,1,5-6,8H2,2H3. The summed E-state index contributed by atoms with van der Waals surface area (Å²) in [6, 6.07) is 6.00. The molecule has 1 amide bonds. The minimum atomic E-state index is 0.0959. The molecule has 0 saturated carbocycles. The average Bonchev–Trinajstić information content (AvgIpc) is 2.69. The fourth-order valence-corrected chi connectivity index (χ4v) is 2.10. The monoisotopic (exact) mass is 250 g/mol. The number of nitrogens with one attached hydrogen (secondary N) is 1. The van der Waals surface area contributed by atoms with Gasteiger partial charge < -0.3 is 10.2 Å². The van der Waals surface area contributed by atoms with Gasteiger partial charge in [0.25, 0.3) is 0 Å². The second-order valence-electron chi connectivity index (χ2n) is 4.13. The number of carbonyl (C=O) groups excluding carboxylic acids is 1. The van der Waals surface area contributed by atoms with Gasteiger partial charge in [0.05, 0.1) is 6.54 Å². The fourth-order valence-electron chi connectivity index (χ4n) is 2.04. The third kappa shape index (κ3) is 2.61. The number of amides is 1. The Morgan fingerprint density at radius 1 is 1.59 bits per heavy atom. The first-order valence-corrected chi connectivity index (χ1v) is 5.94. The summed E-state index contributed by atoms with van der Waals surface area (Å²) in [5.74, 6) is 0.0959. The Hall–Kier alpha value is -1.48. The van der Waals surface area contributed by atoms with Gasteiger partial charge in [-0.1, -0.05) is 18.2 Å². The van der Waals surface area contributed by atoms with Crippen LogP contribution in [0, 0.1) is 0 Å². The molecule has 1 aromatic carbocycles. The number of carbonyl (C=O) groups is 1. The number of hydrogen-bond acceptors (Lipinski definition) is 2. The highest BCUT2D eigenvalue weighted by Gasteiger charge is 2.21. The van der Waals surface area contributed by atoms with Gasteiger partial charge in [0.15, 0.2) is 0 Å². The smallest absolute Gasteiger partial charge is 0.223 e. The molecule has 0 atom stereocenters. The Balaban J connectivity index is 2.16. The molecule has 3 nitrogen and oxygen atoms in total. The first kappa shape index (κ1) is 12.0. The highest BCUT2D eigenvalue weighted by molar-refractivity contribution is 6.29. The van der Waals surface area contributed by atoms with Crippen molar-refractivity contribution in [3.63, 3.8) is 0 Å². The lowest BCUT2D eigenvalue weighted by atomic mass is 10.1. The molecule has 1 aliphatic heterocycles. The van der Waals surface area contributed by atoms with Crippen molar-refractivity contribution in [2.45, 2.75) is 13.3 Å². The number of halogens is 1. The number of rotatable bonds is 3. The molecule has 0 aromatic heterocycles. The van der Waals surface area contributed by atoms with Crippen molar-refractivity contribution in [1.82, 2.24) is 0 Å². The molecule has 17 heavy (non-hydrogen) atoms. The summed E-state index contributed by atoms with van der Waals surface area (Å²) >= 11 is 5.70. The lowest BCUT2D eigenvalue weighted by Crippen LogP contribution is -2.25. The quantitative estimate of drug-likeness (QED) is 0.895. The zero-order valence-corrected chi connectivity index (χ0v) is 10.5. The highest BCUT2D eigenvalue weighted by Crippen LogP contribution is 2.30. The van der Waals surface area contributed by atoms with E-state index in [0.29, 0.717) is 11.6 Å². The summed E-state index contributed by atoms with van der Waals surface area (Å²) in [6.07, 6.45) is 0.909. The van der Waals surface area contributed by atoms with Gasteiger partial charge in [0, 0.05) is 29.9 Å². The van der Waals surface area contributed by atoms with Gasteiger partial charge in [-0.2, -0.15) is 0 Å². The molecule has 1 aliphatic rings. The number of nitrogens with zero attached hydrogens (tertiary/aromatic N) is 1. The molecular weight excluding hydrogens is 236 g/mol. The number of fused-ring (bicyclic) bond motifs is 1. The fraction of sp³-hybridized carbons (Fsp3) is 0.308. The van der Waals surface area contributed by atoms with Crippen molar-refractivity contribution >= 4 is 28.9 Å². The Bertz CT molecular complexity index is 470. The van der Waals surface area contributed by atoms with E-state index in [2.05, 4.69) is 18.0 Å². The lowest BCUT2D eigenvalue weighted by Gasteiger charge is -2.15. The molecule has 0 unspecified atom stereocenters. The molecular formula is C13H15ClN2O. The highest BCUT2D eigenvalue weighted by atomic mass is 35.5. The largest absolute Gasteiger partial charge is 0.380 e. The maximum absolute atomic E-state index is 11.4. The van der Waals surface area contributed by atoms with Gasteiger partial charge in [-0.3, -0.25) is 4.79 Å². The van der Waals surface area contributed by atoms with Gasteiger partial charge in [-0.05, 0) is 30.2 Å². The number of hydrogen-bond donors (Lipinski definition) is 1. The summed E-state index contributed by atoms with van der Waals surface area (Å²) < 4.78 is 0. The summed E-state index contributed by atoms with van der Waals surface area (Å²) in [5.41, 5.74) is 3.23. The summed E-state index contributed by atoms with van der Waals surface area (Å²) in [4.78, 5) is 13.2. The molecule has 0 bridgehead atoms. The zero-order chi connectivity index (χ0) is 12.4. The Morgan fingerprint density at radius 2 is 2.35 bits per heavy atom. The molecule has 1 heterocycles. The van der Waals surface area contributed by atoms with E-state index < -0.39 is 0 Å². The van der Waals surface area contributed by atoms with Crippen molar-refractivity contribution in [1.29, 1.82) is 0 Å². The Morgan fingerprint density at radius 3 is 3.00 bits per heavy atom. The van der Waals surface area contributed by atoms with E-state index >= 15 is 0 Å². The van der Waals surface area contributed by atoms with Gasteiger partial charge in [0.1, 0.15) is 0 Å². The predicted octanol–water partition coefficient (Wildman–Crippen LogP) is 2.76. The van der Waals surface area contributed by atoms with Crippen molar-refractivity contribution in [3.8, 4) is 0 Å². The molecule has 0 radical (unpaired) electrons. The molecule has 0 spiro atoms.